The second kappa shape index (κ2) is 10.5. The lowest BCUT2D eigenvalue weighted by Gasteiger charge is -2.15. The van der Waals surface area contributed by atoms with Crippen LogP contribution in [-0.2, 0) is 19.1 Å². The predicted molar refractivity (Wildman–Crippen MR) is 109 cm³/mol. The molecule has 2 amide bonds. The van der Waals surface area contributed by atoms with E-state index < -0.39 is 18.0 Å². The van der Waals surface area contributed by atoms with Gasteiger partial charge >= 0.3 is 5.97 Å². The van der Waals surface area contributed by atoms with Crippen molar-refractivity contribution in [3.8, 4) is 5.75 Å². The SMILES string of the molecule is COc1ccc(C)cc1NC(=O)[C@@H](C)OC(=O)CSCC(=O)Nc1cc(C)on1. The normalized spacial score (nSPS) is 11.4. The number of anilines is 2. The molecule has 2 aromatic rings. The highest BCUT2D eigenvalue weighted by Crippen LogP contribution is 2.25. The maximum absolute atomic E-state index is 12.3. The molecule has 0 aliphatic rings. The summed E-state index contributed by atoms with van der Waals surface area (Å²) in [6.07, 6.45) is -1.000. The average molecular weight is 421 g/mol. The van der Waals surface area contributed by atoms with Gasteiger partial charge in [-0.2, -0.15) is 0 Å². The first kappa shape index (κ1) is 22.3. The van der Waals surface area contributed by atoms with Gasteiger partial charge in [-0.25, -0.2) is 0 Å². The minimum absolute atomic E-state index is 0.0298. The molecular weight excluding hydrogens is 398 g/mol. The van der Waals surface area contributed by atoms with Crippen LogP contribution in [0.1, 0.15) is 18.2 Å². The van der Waals surface area contributed by atoms with Gasteiger partial charge in [0, 0.05) is 6.07 Å². The van der Waals surface area contributed by atoms with Gasteiger partial charge in [0.2, 0.25) is 5.91 Å². The van der Waals surface area contributed by atoms with Crippen LogP contribution in [0.3, 0.4) is 0 Å². The fourth-order valence-corrected chi connectivity index (χ4v) is 2.86. The Bertz CT molecular complexity index is 883. The summed E-state index contributed by atoms with van der Waals surface area (Å²) in [4.78, 5) is 36.0. The number of carbonyl (C=O) groups excluding carboxylic acids is 3. The third kappa shape index (κ3) is 7.15. The van der Waals surface area contributed by atoms with E-state index in [0.29, 0.717) is 23.0 Å². The lowest BCUT2D eigenvalue weighted by atomic mass is 10.2. The number of aryl methyl sites for hydroxylation is 2. The average Bonchev–Trinajstić information content (AvgIpc) is 3.06. The van der Waals surface area contributed by atoms with Crippen molar-refractivity contribution in [3.05, 3.63) is 35.6 Å². The van der Waals surface area contributed by atoms with Crippen molar-refractivity contribution in [3.63, 3.8) is 0 Å². The van der Waals surface area contributed by atoms with Crippen molar-refractivity contribution in [1.29, 1.82) is 0 Å². The van der Waals surface area contributed by atoms with E-state index in [1.807, 2.05) is 13.0 Å². The Kier molecular flexibility index (Phi) is 8.08. The number of esters is 1. The summed E-state index contributed by atoms with van der Waals surface area (Å²) >= 11 is 1.06. The van der Waals surface area contributed by atoms with Crippen LogP contribution in [0, 0.1) is 13.8 Å². The van der Waals surface area contributed by atoms with E-state index in [9.17, 15) is 14.4 Å². The van der Waals surface area contributed by atoms with Gasteiger partial charge in [0.1, 0.15) is 11.5 Å². The highest BCUT2D eigenvalue weighted by atomic mass is 32.2. The van der Waals surface area contributed by atoms with Crippen LogP contribution < -0.4 is 15.4 Å². The van der Waals surface area contributed by atoms with Crippen LogP contribution in [0.2, 0.25) is 0 Å². The minimum Gasteiger partial charge on any atom is -0.495 e. The molecule has 0 spiro atoms. The number of nitrogens with one attached hydrogen (secondary N) is 2. The summed E-state index contributed by atoms with van der Waals surface area (Å²) in [5.74, 6) is -0.0524. The van der Waals surface area contributed by atoms with Crippen molar-refractivity contribution in [2.75, 3.05) is 29.2 Å². The van der Waals surface area contributed by atoms with Crippen molar-refractivity contribution >= 4 is 41.1 Å². The van der Waals surface area contributed by atoms with Gasteiger partial charge in [-0.15, -0.1) is 11.8 Å². The molecule has 0 unspecified atom stereocenters. The van der Waals surface area contributed by atoms with Crippen LogP contribution in [0.5, 0.6) is 5.75 Å². The number of hydrogen-bond donors (Lipinski definition) is 2. The quantitative estimate of drug-likeness (QED) is 0.593. The smallest absolute Gasteiger partial charge is 0.316 e. The van der Waals surface area contributed by atoms with Gasteiger partial charge in [-0.1, -0.05) is 11.2 Å². The van der Waals surface area contributed by atoms with Gasteiger partial charge in [0.15, 0.2) is 11.9 Å². The Morgan fingerprint density at radius 3 is 2.59 bits per heavy atom. The third-order valence-electron chi connectivity index (χ3n) is 3.64. The topological polar surface area (TPSA) is 120 Å². The molecule has 1 atom stereocenters. The van der Waals surface area contributed by atoms with E-state index in [1.54, 1.807) is 25.1 Å². The van der Waals surface area contributed by atoms with Crippen LogP contribution in [0.4, 0.5) is 11.5 Å². The monoisotopic (exact) mass is 421 g/mol. The number of amides is 2. The number of carbonyl (C=O) groups is 3. The van der Waals surface area contributed by atoms with E-state index >= 15 is 0 Å². The summed E-state index contributed by atoms with van der Waals surface area (Å²) in [7, 11) is 1.50. The molecule has 29 heavy (non-hydrogen) atoms. The zero-order chi connectivity index (χ0) is 21.4. The number of benzene rings is 1. The zero-order valence-corrected chi connectivity index (χ0v) is 17.4. The molecule has 0 aliphatic carbocycles. The summed E-state index contributed by atoms with van der Waals surface area (Å²) in [5.41, 5.74) is 1.44. The molecule has 2 rings (SSSR count). The fourth-order valence-electron chi connectivity index (χ4n) is 2.27. The first-order valence-corrected chi connectivity index (χ1v) is 9.90. The molecule has 1 aromatic carbocycles. The molecule has 1 aromatic heterocycles. The largest absolute Gasteiger partial charge is 0.495 e. The molecule has 10 heteroatoms. The van der Waals surface area contributed by atoms with Crippen molar-refractivity contribution in [2.24, 2.45) is 0 Å². The molecule has 2 N–H and O–H groups in total. The number of aromatic nitrogens is 1. The van der Waals surface area contributed by atoms with Gasteiger partial charge in [0.25, 0.3) is 5.91 Å². The summed E-state index contributed by atoms with van der Waals surface area (Å²) in [5, 5.41) is 8.88. The van der Waals surface area contributed by atoms with Crippen molar-refractivity contribution in [1.82, 2.24) is 5.16 Å². The van der Waals surface area contributed by atoms with Gasteiger partial charge in [0.05, 0.1) is 24.3 Å². The number of nitrogens with zero attached hydrogens (tertiary/aromatic N) is 1. The number of methoxy groups -OCH3 is 1. The summed E-state index contributed by atoms with van der Waals surface area (Å²) in [6, 6.07) is 6.94. The van der Waals surface area contributed by atoms with E-state index in [2.05, 4.69) is 15.8 Å². The van der Waals surface area contributed by atoms with Gasteiger partial charge < -0.3 is 24.6 Å². The Balaban J connectivity index is 1.74. The molecular formula is C19H23N3O6S. The standard InChI is InChI=1S/C19H23N3O6S/c1-11-5-6-15(26-4)14(7-11)20-19(25)13(3)27-18(24)10-29-9-17(23)21-16-8-12(2)28-22-16/h5-8,13H,9-10H2,1-4H3,(H,20,25)(H,21,22,23)/t13-/m1/s1. The maximum Gasteiger partial charge on any atom is 0.316 e. The molecule has 0 fully saturated rings. The predicted octanol–water partition coefficient (Wildman–Crippen LogP) is 2.54. The Hall–Kier alpha value is -3.01. The van der Waals surface area contributed by atoms with E-state index in [1.165, 1.54) is 14.0 Å². The number of thioether (sulfide) groups is 1. The molecule has 0 saturated carbocycles. The lowest BCUT2D eigenvalue weighted by Crippen LogP contribution is -2.30. The van der Waals surface area contributed by atoms with Gasteiger partial charge in [-0.3, -0.25) is 14.4 Å². The maximum atomic E-state index is 12.3. The zero-order valence-electron chi connectivity index (χ0n) is 16.6. The van der Waals surface area contributed by atoms with Crippen molar-refractivity contribution < 1.29 is 28.4 Å². The first-order valence-electron chi connectivity index (χ1n) is 8.74. The second-order valence-corrected chi connectivity index (χ2v) is 7.17. The molecule has 156 valence electrons. The number of ether oxygens (including phenoxy) is 2. The minimum atomic E-state index is -1.000. The highest BCUT2D eigenvalue weighted by Gasteiger charge is 2.19. The highest BCUT2D eigenvalue weighted by molar-refractivity contribution is 8.00. The van der Waals surface area contributed by atoms with Gasteiger partial charge in [-0.05, 0) is 38.5 Å². The van der Waals surface area contributed by atoms with Crippen LogP contribution in [-0.4, -0.2) is 47.7 Å². The number of hydrogen-bond acceptors (Lipinski definition) is 8. The molecule has 0 radical (unpaired) electrons. The Labute approximate surface area is 172 Å². The first-order chi connectivity index (χ1) is 13.8. The van der Waals surface area contributed by atoms with Crippen LogP contribution in [0.25, 0.3) is 0 Å². The van der Waals surface area contributed by atoms with E-state index in [0.717, 1.165) is 17.3 Å². The van der Waals surface area contributed by atoms with Crippen LogP contribution >= 0.6 is 11.8 Å². The van der Waals surface area contributed by atoms with Crippen molar-refractivity contribution in [2.45, 2.75) is 26.9 Å². The molecule has 1 heterocycles. The Morgan fingerprint density at radius 1 is 1.17 bits per heavy atom. The molecule has 0 bridgehead atoms. The third-order valence-corrected chi connectivity index (χ3v) is 4.54. The van der Waals surface area contributed by atoms with E-state index in [-0.39, 0.29) is 17.4 Å². The molecule has 0 aliphatic heterocycles. The fraction of sp³-hybridized carbons (Fsp3) is 0.368. The molecule has 0 saturated heterocycles. The molecule has 9 nitrogen and oxygen atoms in total. The number of rotatable bonds is 9. The Morgan fingerprint density at radius 2 is 1.93 bits per heavy atom. The van der Waals surface area contributed by atoms with E-state index in [4.69, 9.17) is 14.0 Å². The second-order valence-electron chi connectivity index (χ2n) is 6.19. The van der Waals surface area contributed by atoms with Crippen LogP contribution in [0.15, 0.2) is 28.8 Å². The summed E-state index contributed by atoms with van der Waals surface area (Å²) < 4.78 is 15.2. The lowest BCUT2D eigenvalue weighted by molar-refractivity contribution is -0.150. The summed E-state index contributed by atoms with van der Waals surface area (Å²) in [6.45, 7) is 5.06.